The van der Waals surface area contributed by atoms with Gasteiger partial charge in [0.2, 0.25) is 10.0 Å². The zero-order valence-corrected chi connectivity index (χ0v) is 13.7. The van der Waals surface area contributed by atoms with Gasteiger partial charge in [-0.25, -0.2) is 8.42 Å². The Labute approximate surface area is 127 Å². The first-order chi connectivity index (χ1) is 9.76. The summed E-state index contributed by atoms with van der Waals surface area (Å²) in [5.74, 6) is 0. The second-order valence-corrected chi connectivity index (χ2v) is 7.78. The third-order valence-corrected chi connectivity index (χ3v) is 5.11. The number of rotatable bonds is 7. The molecule has 0 radical (unpaired) electrons. The third-order valence-electron chi connectivity index (χ3n) is 3.25. The molecule has 6 heteroatoms. The van der Waals surface area contributed by atoms with E-state index in [1.807, 2.05) is 26.8 Å². The van der Waals surface area contributed by atoms with E-state index in [-0.39, 0.29) is 10.3 Å². The molecule has 0 saturated carbocycles. The summed E-state index contributed by atoms with van der Waals surface area (Å²) in [6.45, 7) is 7.08. The Balaban J connectivity index is 3.12. The summed E-state index contributed by atoms with van der Waals surface area (Å²) in [6, 6.07) is 7.98. The number of hydrogen-bond donors (Lipinski definition) is 1. The summed E-state index contributed by atoms with van der Waals surface area (Å²) < 4.78 is 26.9. The van der Waals surface area contributed by atoms with Crippen LogP contribution in [0, 0.1) is 16.7 Å². The normalized spacial score (nSPS) is 12.4. The molecule has 0 bridgehead atoms. The molecule has 5 nitrogen and oxygen atoms in total. The average Bonchev–Trinajstić information content (AvgIpc) is 2.46. The molecule has 0 amide bonds. The van der Waals surface area contributed by atoms with Gasteiger partial charge >= 0.3 is 0 Å². The van der Waals surface area contributed by atoms with Crippen molar-refractivity contribution in [3.63, 3.8) is 0 Å². The number of nitrogens with two attached hydrogens (primary N) is 1. The summed E-state index contributed by atoms with van der Waals surface area (Å²) in [5, 5.41) is 8.79. The van der Waals surface area contributed by atoms with E-state index in [0.29, 0.717) is 25.2 Å². The van der Waals surface area contributed by atoms with Crippen molar-refractivity contribution < 1.29 is 8.42 Å². The lowest BCUT2D eigenvalue weighted by Crippen LogP contribution is -2.42. The molecule has 0 spiro atoms. The molecular formula is C15H23N3O2S. The Morgan fingerprint density at radius 1 is 1.29 bits per heavy atom. The molecule has 0 saturated heterocycles. The zero-order chi connectivity index (χ0) is 16.1. The number of nitriles is 1. The summed E-state index contributed by atoms with van der Waals surface area (Å²) in [7, 11) is -3.56. The Kier molecular flexibility index (Phi) is 5.90. The number of nitrogens with zero attached hydrogens (tertiary/aromatic N) is 2. The molecule has 1 aromatic carbocycles. The van der Waals surface area contributed by atoms with Crippen LogP contribution >= 0.6 is 0 Å². The van der Waals surface area contributed by atoms with E-state index >= 15 is 0 Å². The van der Waals surface area contributed by atoms with E-state index in [4.69, 9.17) is 11.0 Å². The van der Waals surface area contributed by atoms with Crippen molar-refractivity contribution in [3.05, 3.63) is 29.8 Å². The molecular weight excluding hydrogens is 286 g/mol. The quantitative estimate of drug-likeness (QED) is 0.834. The van der Waals surface area contributed by atoms with Crippen LogP contribution in [0.5, 0.6) is 0 Å². The van der Waals surface area contributed by atoms with Crippen molar-refractivity contribution in [3.8, 4) is 6.07 Å². The maximum atomic E-state index is 12.7. The Morgan fingerprint density at radius 2 is 1.86 bits per heavy atom. The molecule has 0 fully saturated rings. The van der Waals surface area contributed by atoms with E-state index in [1.165, 1.54) is 28.6 Å². The first-order valence-electron chi connectivity index (χ1n) is 6.97. The highest BCUT2D eigenvalue weighted by Crippen LogP contribution is 2.22. The van der Waals surface area contributed by atoms with E-state index < -0.39 is 10.0 Å². The monoisotopic (exact) mass is 309 g/mol. The topological polar surface area (TPSA) is 87.2 Å². The largest absolute Gasteiger partial charge is 0.330 e. The summed E-state index contributed by atoms with van der Waals surface area (Å²) in [6.07, 6.45) is 0.732. The first kappa shape index (κ1) is 17.6. The van der Waals surface area contributed by atoms with E-state index in [2.05, 4.69) is 0 Å². The van der Waals surface area contributed by atoms with Crippen molar-refractivity contribution in [1.82, 2.24) is 4.31 Å². The van der Waals surface area contributed by atoms with Gasteiger partial charge in [-0.1, -0.05) is 20.8 Å². The molecule has 0 aliphatic rings. The van der Waals surface area contributed by atoms with Gasteiger partial charge < -0.3 is 5.73 Å². The highest BCUT2D eigenvalue weighted by Gasteiger charge is 2.29. The fourth-order valence-electron chi connectivity index (χ4n) is 1.93. The van der Waals surface area contributed by atoms with Crippen molar-refractivity contribution in [2.24, 2.45) is 11.1 Å². The van der Waals surface area contributed by atoms with Crippen molar-refractivity contribution in [2.45, 2.75) is 32.1 Å². The molecule has 1 aromatic rings. The second kappa shape index (κ2) is 7.03. The molecule has 0 unspecified atom stereocenters. The van der Waals surface area contributed by atoms with Gasteiger partial charge in [0.1, 0.15) is 0 Å². The van der Waals surface area contributed by atoms with Crippen molar-refractivity contribution in [1.29, 1.82) is 5.26 Å². The minimum atomic E-state index is -3.56. The van der Waals surface area contributed by atoms with Crippen molar-refractivity contribution >= 4 is 10.0 Å². The van der Waals surface area contributed by atoms with Gasteiger partial charge in [-0.05, 0) is 42.6 Å². The number of hydrogen-bond acceptors (Lipinski definition) is 4. The van der Waals surface area contributed by atoms with Gasteiger partial charge in [0.05, 0.1) is 16.5 Å². The smallest absolute Gasteiger partial charge is 0.243 e. The maximum Gasteiger partial charge on any atom is 0.243 e. The van der Waals surface area contributed by atoms with Gasteiger partial charge in [-0.15, -0.1) is 0 Å². The van der Waals surface area contributed by atoms with E-state index in [0.717, 1.165) is 6.42 Å². The van der Waals surface area contributed by atoms with Gasteiger partial charge in [0.15, 0.2) is 0 Å². The molecule has 0 aromatic heterocycles. The third kappa shape index (κ3) is 4.53. The van der Waals surface area contributed by atoms with Gasteiger partial charge in [-0.3, -0.25) is 0 Å². The zero-order valence-electron chi connectivity index (χ0n) is 12.8. The maximum absolute atomic E-state index is 12.7. The lowest BCUT2D eigenvalue weighted by Gasteiger charge is -2.31. The fourth-order valence-corrected chi connectivity index (χ4v) is 3.65. The number of benzene rings is 1. The van der Waals surface area contributed by atoms with E-state index in [1.54, 1.807) is 0 Å². The summed E-state index contributed by atoms with van der Waals surface area (Å²) in [5.41, 5.74) is 5.87. The fraction of sp³-hybridized carbons (Fsp3) is 0.533. The predicted octanol–water partition coefficient (Wildman–Crippen LogP) is 1.94. The summed E-state index contributed by atoms with van der Waals surface area (Å²) >= 11 is 0. The lowest BCUT2D eigenvalue weighted by atomic mass is 9.94. The first-order valence-corrected chi connectivity index (χ1v) is 8.41. The Bertz CT molecular complexity index is 601. The molecule has 21 heavy (non-hydrogen) atoms. The highest BCUT2D eigenvalue weighted by atomic mass is 32.2. The molecule has 0 aliphatic carbocycles. The van der Waals surface area contributed by atoms with Crippen LogP contribution in [0.25, 0.3) is 0 Å². The van der Waals surface area contributed by atoms with Crippen LogP contribution in [-0.4, -0.2) is 32.4 Å². The minimum Gasteiger partial charge on any atom is -0.330 e. The van der Waals surface area contributed by atoms with Gasteiger partial charge in [0.25, 0.3) is 0 Å². The van der Waals surface area contributed by atoms with Crippen LogP contribution in [-0.2, 0) is 10.0 Å². The molecule has 116 valence electrons. The lowest BCUT2D eigenvalue weighted by molar-refractivity contribution is 0.266. The summed E-state index contributed by atoms with van der Waals surface area (Å²) in [4.78, 5) is 0.211. The predicted molar refractivity (Wildman–Crippen MR) is 83.0 cm³/mol. The van der Waals surface area contributed by atoms with E-state index in [9.17, 15) is 8.42 Å². The van der Waals surface area contributed by atoms with Crippen LogP contribution in [0.3, 0.4) is 0 Å². The molecule has 0 aliphatic heterocycles. The highest BCUT2D eigenvalue weighted by molar-refractivity contribution is 7.89. The Hall–Kier alpha value is -1.42. The Morgan fingerprint density at radius 3 is 2.29 bits per heavy atom. The number of sulfonamides is 1. The van der Waals surface area contributed by atoms with Gasteiger partial charge in [-0.2, -0.15) is 9.57 Å². The minimum absolute atomic E-state index is 0.211. The van der Waals surface area contributed by atoms with Gasteiger partial charge in [0, 0.05) is 13.1 Å². The molecule has 2 N–H and O–H groups in total. The molecule has 0 heterocycles. The van der Waals surface area contributed by atoms with Crippen LogP contribution in [0.2, 0.25) is 0 Å². The SMILES string of the molecule is CCCN(CC(C)(C)CN)S(=O)(=O)c1ccc(C#N)cc1. The second-order valence-electron chi connectivity index (χ2n) is 5.84. The molecule has 0 atom stereocenters. The standard InChI is InChI=1S/C15H23N3O2S/c1-4-9-18(12-15(2,3)11-17)21(19,20)14-7-5-13(10-16)6-8-14/h5-8H,4,9,11-12,17H2,1-3H3. The van der Waals surface area contributed by atoms with Crippen LogP contribution in [0.15, 0.2) is 29.2 Å². The van der Waals surface area contributed by atoms with Crippen LogP contribution in [0.4, 0.5) is 0 Å². The van der Waals surface area contributed by atoms with Crippen molar-refractivity contribution in [2.75, 3.05) is 19.6 Å². The van der Waals surface area contributed by atoms with Crippen LogP contribution in [0.1, 0.15) is 32.8 Å². The van der Waals surface area contributed by atoms with Crippen LogP contribution < -0.4 is 5.73 Å². The molecule has 1 rings (SSSR count). The average molecular weight is 309 g/mol.